The van der Waals surface area contributed by atoms with Crippen molar-refractivity contribution in [3.8, 4) is 5.75 Å². The molecule has 126 valence electrons. The summed E-state index contributed by atoms with van der Waals surface area (Å²) in [6.07, 6.45) is 3.86. The fourth-order valence-electron chi connectivity index (χ4n) is 3.16. The van der Waals surface area contributed by atoms with Crippen molar-refractivity contribution >= 4 is 23.0 Å². The molecule has 1 aliphatic heterocycles. The molecule has 1 aliphatic rings. The lowest BCUT2D eigenvalue weighted by atomic mass is 10.0. The summed E-state index contributed by atoms with van der Waals surface area (Å²) in [5.41, 5.74) is 3.57. The molecular formula is C20H20N4O. The van der Waals surface area contributed by atoms with E-state index in [0.717, 1.165) is 42.5 Å². The maximum atomic E-state index is 5.19. The summed E-state index contributed by atoms with van der Waals surface area (Å²) in [4.78, 5) is 11.1. The Hall–Kier alpha value is -3.08. The number of fused-ring (bicyclic) bond motifs is 1. The molecule has 0 atom stereocenters. The second kappa shape index (κ2) is 6.81. The molecule has 4 rings (SSSR count). The van der Waals surface area contributed by atoms with Crippen LogP contribution in [0.2, 0.25) is 0 Å². The van der Waals surface area contributed by atoms with Crippen LogP contribution in [0.5, 0.6) is 5.75 Å². The van der Waals surface area contributed by atoms with Gasteiger partial charge in [-0.25, -0.2) is 9.97 Å². The van der Waals surface area contributed by atoms with Gasteiger partial charge in [-0.15, -0.1) is 0 Å². The molecule has 0 amide bonds. The van der Waals surface area contributed by atoms with Crippen molar-refractivity contribution < 1.29 is 4.74 Å². The van der Waals surface area contributed by atoms with Crippen LogP contribution in [0.3, 0.4) is 0 Å². The van der Waals surface area contributed by atoms with Gasteiger partial charge in [-0.3, -0.25) is 0 Å². The highest BCUT2D eigenvalue weighted by Gasteiger charge is 2.19. The highest BCUT2D eigenvalue weighted by atomic mass is 16.5. The van der Waals surface area contributed by atoms with Gasteiger partial charge >= 0.3 is 0 Å². The number of ether oxygens (including phenoxy) is 1. The lowest BCUT2D eigenvalue weighted by Crippen LogP contribution is -2.25. The van der Waals surface area contributed by atoms with E-state index in [9.17, 15) is 0 Å². The summed E-state index contributed by atoms with van der Waals surface area (Å²) in [7, 11) is 1.66. The monoisotopic (exact) mass is 332 g/mol. The van der Waals surface area contributed by atoms with Crippen LogP contribution in [-0.4, -0.2) is 23.6 Å². The van der Waals surface area contributed by atoms with Crippen molar-refractivity contribution in [1.82, 2.24) is 9.97 Å². The minimum atomic E-state index is 0.776. The minimum Gasteiger partial charge on any atom is -0.497 e. The minimum absolute atomic E-state index is 0.776. The van der Waals surface area contributed by atoms with Gasteiger partial charge < -0.3 is 15.0 Å². The first-order valence-corrected chi connectivity index (χ1v) is 8.42. The van der Waals surface area contributed by atoms with Crippen LogP contribution in [0.1, 0.15) is 12.0 Å². The molecule has 5 heteroatoms. The maximum Gasteiger partial charge on any atom is 0.138 e. The molecule has 0 spiro atoms. The number of aryl methyl sites for hydroxylation is 1. The third-order valence-electron chi connectivity index (χ3n) is 4.40. The SMILES string of the molecule is COc1ccc(Nc2cc(N3CCCc4ccccc43)ncn2)cc1. The average molecular weight is 332 g/mol. The van der Waals surface area contributed by atoms with Crippen LogP contribution in [-0.2, 0) is 6.42 Å². The molecule has 0 saturated heterocycles. The Morgan fingerprint density at radius 2 is 1.88 bits per heavy atom. The number of nitrogens with one attached hydrogen (secondary N) is 1. The van der Waals surface area contributed by atoms with Gasteiger partial charge in [0.25, 0.3) is 0 Å². The number of methoxy groups -OCH3 is 1. The summed E-state index contributed by atoms with van der Waals surface area (Å²) in [6.45, 7) is 0.968. The van der Waals surface area contributed by atoms with E-state index in [4.69, 9.17) is 4.74 Å². The van der Waals surface area contributed by atoms with Crippen molar-refractivity contribution in [3.63, 3.8) is 0 Å². The molecule has 3 aromatic rings. The number of rotatable bonds is 4. The Kier molecular flexibility index (Phi) is 4.21. The summed E-state index contributed by atoms with van der Waals surface area (Å²) in [5, 5.41) is 3.33. The largest absolute Gasteiger partial charge is 0.497 e. The molecule has 0 aliphatic carbocycles. The smallest absolute Gasteiger partial charge is 0.138 e. The molecular weight excluding hydrogens is 312 g/mol. The third kappa shape index (κ3) is 3.26. The number of hydrogen-bond acceptors (Lipinski definition) is 5. The van der Waals surface area contributed by atoms with E-state index in [-0.39, 0.29) is 0 Å². The van der Waals surface area contributed by atoms with E-state index < -0.39 is 0 Å². The van der Waals surface area contributed by atoms with Crippen LogP contribution >= 0.6 is 0 Å². The van der Waals surface area contributed by atoms with Gasteiger partial charge in [0.2, 0.25) is 0 Å². The first-order valence-electron chi connectivity index (χ1n) is 8.42. The lowest BCUT2D eigenvalue weighted by molar-refractivity contribution is 0.415. The summed E-state index contributed by atoms with van der Waals surface area (Å²) >= 11 is 0. The van der Waals surface area contributed by atoms with Crippen LogP contribution in [0.25, 0.3) is 0 Å². The van der Waals surface area contributed by atoms with Crippen LogP contribution in [0.15, 0.2) is 60.9 Å². The number of benzene rings is 2. The number of para-hydroxylation sites is 1. The van der Waals surface area contributed by atoms with Crippen molar-refractivity contribution in [1.29, 1.82) is 0 Å². The molecule has 0 fully saturated rings. The van der Waals surface area contributed by atoms with E-state index in [2.05, 4.69) is 44.5 Å². The van der Waals surface area contributed by atoms with Gasteiger partial charge in [0.15, 0.2) is 0 Å². The molecule has 25 heavy (non-hydrogen) atoms. The van der Waals surface area contributed by atoms with Gasteiger partial charge in [0, 0.05) is 24.0 Å². The summed E-state index contributed by atoms with van der Waals surface area (Å²) < 4.78 is 5.19. The van der Waals surface area contributed by atoms with E-state index in [1.54, 1.807) is 13.4 Å². The number of hydrogen-bond donors (Lipinski definition) is 1. The Bertz CT molecular complexity index is 864. The normalized spacial score (nSPS) is 13.2. The predicted molar refractivity (Wildman–Crippen MR) is 100 cm³/mol. The standard InChI is InChI=1S/C20H20N4O/c1-25-17-10-8-16(9-11-17)23-19-13-20(22-14-21-19)24-12-4-6-15-5-2-3-7-18(15)24/h2-3,5,7-11,13-14H,4,6,12H2,1H3,(H,21,22,23). The molecule has 0 unspecified atom stereocenters. The van der Waals surface area contributed by atoms with E-state index in [0.29, 0.717) is 0 Å². The molecule has 0 bridgehead atoms. The highest BCUT2D eigenvalue weighted by molar-refractivity contribution is 5.68. The highest BCUT2D eigenvalue weighted by Crippen LogP contribution is 2.33. The molecule has 0 saturated carbocycles. The summed E-state index contributed by atoms with van der Waals surface area (Å²) in [6, 6.07) is 18.3. The molecule has 1 aromatic heterocycles. The lowest BCUT2D eigenvalue weighted by Gasteiger charge is -2.30. The van der Waals surface area contributed by atoms with E-state index in [1.807, 2.05) is 30.3 Å². The Morgan fingerprint density at radius 3 is 2.72 bits per heavy atom. The van der Waals surface area contributed by atoms with Gasteiger partial charge in [-0.1, -0.05) is 18.2 Å². The van der Waals surface area contributed by atoms with Crippen molar-refractivity contribution in [2.24, 2.45) is 0 Å². The van der Waals surface area contributed by atoms with Crippen molar-refractivity contribution in [3.05, 3.63) is 66.5 Å². The van der Waals surface area contributed by atoms with Gasteiger partial charge in [0.05, 0.1) is 7.11 Å². The Labute approximate surface area is 147 Å². The zero-order chi connectivity index (χ0) is 17.1. The van der Waals surface area contributed by atoms with Crippen molar-refractivity contribution in [2.45, 2.75) is 12.8 Å². The summed E-state index contributed by atoms with van der Waals surface area (Å²) in [5.74, 6) is 2.52. The Morgan fingerprint density at radius 1 is 1.04 bits per heavy atom. The Balaban J connectivity index is 1.59. The van der Waals surface area contributed by atoms with Crippen LogP contribution < -0.4 is 15.0 Å². The fraction of sp³-hybridized carbons (Fsp3) is 0.200. The molecule has 2 heterocycles. The van der Waals surface area contributed by atoms with Crippen molar-refractivity contribution in [2.75, 3.05) is 23.9 Å². The first-order chi connectivity index (χ1) is 12.3. The van der Waals surface area contributed by atoms with Gasteiger partial charge in [-0.05, 0) is 48.7 Å². The maximum absolute atomic E-state index is 5.19. The van der Waals surface area contributed by atoms with Crippen LogP contribution in [0, 0.1) is 0 Å². The van der Waals surface area contributed by atoms with E-state index >= 15 is 0 Å². The number of aromatic nitrogens is 2. The number of nitrogens with zero attached hydrogens (tertiary/aromatic N) is 3. The average Bonchev–Trinajstić information content (AvgIpc) is 2.68. The van der Waals surface area contributed by atoms with Gasteiger partial charge in [-0.2, -0.15) is 0 Å². The number of anilines is 4. The molecule has 2 aromatic carbocycles. The second-order valence-electron chi connectivity index (χ2n) is 6.00. The zero-order valence-electron chi connectivity index (χ0n) is 14.1. The third-order valence-corrected chi connectivity index (χ3v) is 4.40. The zero-order valence-corrected chi connectivity index (χ0v) is 14.1. The second-order valence-corrected chi connectivity index (χ2v) is 6.00. The van der Waals surface area contributed by atoms with E-state index in [1.165, 1.54) is 11.3 Å². The van der Waals surface area contributed by atoms with Gasteiger partial charge in [0.1, 0.15) is 23.7 Å². The molecule has 5 nitrogen and oxygen atoms in total. The first kappa shape index (κ1) is 15.4. The quantitative estimate of drug-likeness (QED) is 0.771. The fourth-order valence-corrected chi connectivity index (χ4v) is 3.16. The topological polar surface area (TPSA) is 50.3 Å². The molecule has 0 radical (unpaired) electrons. The van der Waals surface area contributed by atoms with Crippen LogP contribution in [0.4, 0.5) is 23.0 Å². The predicted octanol–water partition coefficient (Wildman–Crippen LogP) is 4.31. The molecule has 1 N–H and O–H groups in total.